The first kappa shape index (κ1) is 18.3. The van der Waals surface area contributed by atoms with Crippen molar-refractivity contribution in [1.82, 2.24) is 10.6 Å². The minimum Gasteiger partial charge on any atom is -0.481 e. The van der Waals surface area contributed by atoms with Gasteiger partial charge >= 0.3 is 12.0 Å². The van der Waals surface area contributed by atoms with Crippen LogP contribution in [0.1, 0.15) is 36.8 Å². The van der Waals surface area contributed by atoms with Crippen LogP contribution in [-0.2, 0) is 11.2 Å². The fourth-order valence-electron chi connectivity index (χ4n) is 3.16. The lowest BCUT2D eigenvalue weighted by molar-refractivity contribution is -0.142. The molecule has 1 unspecified atom stereocenters. The molecule has 6 heteroatoms. The number of urea groups is 1. The average Bonchev–Trinajstić information content (AvgIpc) is 2.56. The lowest BCUT2D eigenvalue weighted by Crippen LogP contribution is -2.49. The summed E-state index contributed by atoms with van der Waals surface area (Å²) in [5.41, 5.74) is 2.23. The summed E-state index contributed by atoms with van der Waals surface area (Å²) >= 11 is 0. The number of benzene rings is 1. The van der Waals surface area contributed by atoms with Gasteiger partial charge in [0.2, 0.25) is 0 Å². The summed E-state index contributed by atoms with van der Waals surface area (Å²) in [6, 6.07) is 7.24. The van der Waals surface area contributed by atoms with E-state index in [0.29, 0.717) is 32.1 Å². The quantitative estimate of drug-likeness (QED) is 0.638. The monoisotopic (exact) mass is 334 g/mol. The summed E-state index contributed by atoms with van der Waals surface area (Å²) in [6.07, 6.45) is 3.10. The third-order valence-electron chi connectivity index (χ3n) is 4.69. The second-order valence-electron chi connectivity index (χ2n) is 6.51. The van der Waals surface area contributed by atoms with Crippen LogP contribution in [-0.4, -0.2) is 40.9 Å². The second-order valence-corrected chi connectivity index (χ2v) is 6.51. The molecule has 2 rings (SSSR count). The SMILES string of the molecule is Cc1ccccc1CC(CO)NC(=O)NC1CCC(C(=O)O)CC1. The summed E-state index contributed by atoms with van der Waals surface area (Å²) in [4.78, 5) is 23.1. The van der Waals surface area contributed by atoms with Gasteiger partial charge in [0.05, 0.1) is 18.6 Å². The molecule has 0 heterocycles. The number of aliphatic hydroxyl groups excluding tert-OH is 1. The first-order chi connectivity index (χ1) is 11.5. The second kappa shape index (κ2) is 8.68. The molecule has 1 atom stereocenters. The predicted molar refractivity (Wildman–Crippen MR) is 90.8 cm³/mol. The highest BCUT2D eigenvalue weighted by Gasteiger charge is 2.27. The van der Waals surface area contributed by atoms with Gasteiger partial charge in [0, 0.05) is 6.04 Å². The Hall–Kier alpha value is -2.08. The van der Waals surface area contributed by atoms with Crippen molar-refractivity contribution < 1.29 is 19.8 Å². The third-order valence-corrected chi connectivity index (χ3v) is 4.69. The molecule has 4 N–H and O–H groups in total. The van der Waals surface area contributed by atoms with Crippen LogP contribution >= 0.6 is 0 Å². The van der Waals surface area contributed by atoms with Gasteiger partial charge < -0.3 is 20.8 Å². The van der Waals surface area contributed by atoms with Crippen LogP contribution in [0.2, 0.25) is 0 Å². The van der Waals surface area contributed by atoms with Gasteiger partial charge in [-0.1, -0.05) is 24.3 Å². The van der Waals surface area contributed by atoms with Crippen LogP contribution in [0.5, 0.6) is 0 Å². The van der Waals surface area contributed by atoms with E-state index in [0.717, 1.165) is 11.1 Å². The molecule has 2 amide bonds. The predicted octanol–water partition coefficient (Wildman–Crippen LogP) is 1.84. The average molecular weight is 334 g/mol. The number of carbonyl (C=O) groups excluding carboxylic acids is 1. The molecular weight excluding hydrogens is 308 g/mol. The third kappa shape index (κ3) is 5.23. The Morgan fingerprint density at radius 1 is 1.21 bits per heavy atom. The molecule has 1 aromatic carbocycles. The van der Waals surface area contributed by atoms with Crippen LogP contribution in [0.15, 0.2) is 24.3 Å². The van der Waals surface area contributed by atoms with Crippen molar-refractivity contribution in [3.05, 3.63) is 35.4 Å². The minimum absolute atomic E-state index is 0.00148. The molecule has 0 aliphatic heterocycles. The fourth-order valence-corrected chi connectivity index (χ4v) is 3.16. The van der Waals surface area contributed by atoms with E-state index in [2.05, 4.69) is 10.6 Å². The molecule has 0 saturated heterocycles. The zero-order valence-corrected chi connectivity index (χ0v) is 14.0. The number of carbonyl (C=O) groups is 2. The smallest absolute Gasteiger partial charge is 0.315 e. The van der Waals surface area contributed by atoms with Crippen LogP contribution in [0.3, 0.4) is 0 Å². The molecule has 0 bridgehead atoms. The number of hydrogen-bond acceptors (Lipinski definition) is 3. The molecule has 0 aromatic heterocycles. The van der Waals surface area contributed by atoms with E-state index in [1.807, 2.05) is 31.2 Å². The largest absolute Gasteiger partial charge is 0.481 e. The molecule has 1 saturated carbocycles. The Labute approximate surface area is 142 Å². The normalized spacial score (nSPS) is 21.8. The molecular formula is C18H26N2O4. The minimum atomic E-state index is -0.753. The van der Waals surface area contributed by atoms with E-state index in [-0.39, 0.29) is 30.6 Å². The van der Waals surface area contributed by atoms with E-state index in [1.54, 1.807) is 0 Å². The first-order valence-corrected chi connectivity index (χ1v) is 8.44. The number of rotatable bonds is 6. The summed E-state index contributed by atoms with van der Waals surface area (Å²) in [5.74, 6) is -1.05. The summed E-state index contributed by atoms with van der Waals surface area (Å²) in [5, 5.41) is 24.2. The number of hydrogen-bond donors (Lipinski definition) is 4. The highest BCUT2D eigenvalue weighted by Crippen LogP contribution is 2.24. The van der Waals surface area contributed by atoms with E-state index in [9.17, 15) is 14.7 Å². The molecule has 6 nitrogen and oxygen atoms in total. The Morgan fingerprint density at radius 2 is 1.88 bits per heavy atom. The number of aliphatic hydroxyl groups is 1. The van der Waals surface area contributed by atoms with E-state index >= 15 is 0 Å². The maximum absolute atomic E-state index is 12.1. The Kier molecular flexibility index (Phi) is 6.61. The van der Waals surface area contributed by atoms with Crippen LogP contribution in [0.4, 0.5) is 4.79 Å². The fraction of sp³-hybridized carbons (Fsp3) is 0.556. The number of carboxylic acids is 1. The number of nitrogens with one attached hydrogen (secondary N) is 2. The van der Waals surface area contributed by atoms with Gasteiger partial charge in [-0.05, 0) is 50.2 Å². The first-order valence-electron chi connectivity index (χ1n) is 8.44. The van der Waals surface area contributed by atoms with E-state index in [4.69, 9.17) is 5.11 Å². The molecule has 24 heavy (non-hydrogen) atoms. The maximum atomic E-state index is 12.1. The standard InChI is InChI=1S/C18H26N2O4/c1-12-4-2-3-5-14(12)10-16(11-21)20-18(24)19-15-8-6-13(7-9-15)17(22)23/h2-5,13,15-16,21H,6-11H2,1H3,(H,22,23)(H2,19,20,24). The summed E-state index contributed by atoms with van der Waals surface area (Å²) < 4.78 is 0. The van der Waals surface area contributed by atoms with Gasteiger partial charge in [0.25, 0.3) is 0 Å². The Morgan fingerprint density at radius 3 is 2.46 bits per heavy atom. The molecule has 132 valence electrons. The zero-order valence-electron chi connectivity index (χ0n) is 14.0. The molecule has 1 aromatic rings. The van der Waals surface area contributed by atoms with Crippen LogP contribution in [0.25, 0.3) is 0 Å². The zero-order chi connectivity index (χ0) is 17.5. The van der Waals surface area contributed by atoms with Gasteiger partial charge in [0.1, 0.15) is 0 Å². The highest BCUT2D eigenvalue weighted by atomic mass is 16.4. The van der Waals surface area contributed by atoms with Gasteiger partial charge in [-0.2, -0.15) is 0 Å². The number of amides is 2. The van der Waals surface area contributed by atoms with Crippen molar-refractivity contribution in [1.29, 1.82) is 0 Å². The van der Waals surface area contributed by atoms with Crippen molar-refractivity contribution >= 4 is 12.0 Å². The van der Waals surface area contributed by atoms with Gasteiger partial charge in [-0.15, -0.1) is 0 Å². The molecule has 1 fully saturated rings. The van der Waals surface area contributed by atoms with Crippen LogP contribution < -0.4 is 10.6 Å². The molecule has 1 aliphatic rings. The molecule has 0 spiro atoms. The molecule has 0 radical (unpaired) electrons. The van der Waals surface area contributed by atoms with Crippen molar-refractivity contribution in [3.8, 4) is 0 Å². The lowest BCUT2D eigenvalue weighted by Gasteiger charge is -2.27. The van der Waals surface area contributed by atoms with Gasteiger partial charge in [0.15, 0.2) is 0 Å². The van der Waals surface area contributed by atoms with Gasteiger partial charge in [-0.25, -0.2) is 4.79 Å². The number of aryl methyl sites for hydroxylation is 1. The number of aliphatic carboxylic acids is 1. The summed E-state index contributed by atoms with van der Waals surface area (Å²) in [7, 11) is 0. The van der Waals surface area contributed by atoms with Crippen molar-refractivity contribution in [2.75, 3.05) is 6.61 Å². The number of carboxylic acid groups (broad SMARTS) is 1. The van der Waals surface area contributed by atoms with Crippen molar-refractivity contribution in [3.63, 3.8) is 0 Å². The van der Waals surface area contributed by atoms with Crippen LogP contribution in [0, 0.1) is 12.8 Å². The van der Waals surface area contributed by atoms with Crippen molar-refractivity contribution in [2.45, 2.75) is 51.1 Å². The van der Waals surface area contributed by atoms with Crippen molar-refractivity contribution in [2.24, 2.45) is 5.92 Å². The lowest BCUT2D eigenvalue weighted by atomic mass is 9.86. The maximum Gasteiger partial charge on any atom is 0.315 e. The van der Waals surface area contributed by atoms with E-state index < -0.39 is 5.97 Å². The van der Waals surface area contributed by atoms with E-state index in [1.165, 1.54) is 0 Å². The van der Waals surface area contributed by atoms with Gasteiger partial charge in [-0.3, -0.25) is 4.79 Å². The Bertz CT molecular complexity index is 568. The topological polar surface area (TPSA) is 98.7 Å². The summed E-state index contributed by atoms with van der Waals surface area (Å²) in [6.45, 7) is 1.87. The molecule has 1 aliphatic carbocycles. The highest BCUT2D eigenvalue weighted by molar-refractivity contribution is 5.75. The Balaban J connectivity index is 1.80.